The van der Waals surface area contributed by atoms with Gasteiger partial charge in [-0.25, -0.2) is 8.42 Å². The van der Waals surface area contributed by atoms with Crippen LogP contribution in [0.5, 0.6) is 0 Å². The van der Waals surface area contributed by atoms with Crippen molar-refractivity contribution >= 4 is 27.7 Å². The average molecular weight is 466 g/mol. The first-order valence-electron chi connectivity index (χ1n) is 11.6. The van der Waals surface area contributed by atoms with Crippen LogP contribution in [0.25, 0.3) is 0 Å². The fourth-order valence-electron chi connectivity index (χ4n) is 4.26. The van der Waals surface area contributed by atoms with Crippen molar-refractivity contribution < 1.29 is 22.8 Å². The first-order valence-corrected chi connectivity index (χ1v) is 13.1. The topological polar surface area (TPSA) is 113 Å². The fourth-order valence-corrected chi connectivity index (χ4v) is 5.56. The molecule has 3 aliphatic rings. The van der Waals surface area contributed by atoms with Crippen LogP contribution in [0.1, 0.15) is 72.1 Å². The number of hydrogen-bond acceptors (Lipinski definition) is 5. The van der Waals surface area contributed by atoms with E-state index < -0.39 is 44.1 Å². The second-order valence-corrected chi connectivity index (χ2v) is 11.6. The molecule has 0 spiro atoms. The molecule has 1 saturated carbocycles. The van der Waals surface area contributed by atoms with Crippen LogP contribution >= 0.6 is 0 Å². The van der Waals surface area contributed by atoms with Crippen molar-refractivity contribution in [3.8, 4) is 0 Å². The van der Waals surface area contributed by atoms with Crippen molar-refractivity contribution in [2.45, 2.75) is 88.5 Å². The van der Waals surface area contributed by atoms with Crippen LogP contribution in [0.15, 0.2) is 24.3 Å². The third-order valence-corrected chi connectivity index (χ3v) is 9.07. The summed E-state index contributed by atoms with van der Waals surface area (Å²) in [5, 5.41) is 2.81. The monoisotopic (exact) mass is 465 g/mol. The molecule has 0 bridgehead atoms. The highest BCUT2D eigenvalue weighted by Crippen LogP contribution is 2.43. The predicted molar refractivity (Wildman–Crippen MR) is 122 cm³/mol. The molecule has 9 heteroatoms. The quantitative estimate of drug-likeness (QED) is 0.379. The van der Waals surface area contributed by atoms with Gasteiger partial charge in [-0.15, -0.1) is 0 Å². The van der Waals surface area contributed by atoms with Gasteiger partial charge in [0.15, 0.2) is 0 Å². The Morgan fingerprint density at radius 1 is 1.22 bits per heavy atom. The summed E-state index contributed by atoms with van der Waals surface area (Å²) in [5.74, 6) is -1.84. The van der Waals surface area contributed by atoms with Crippen LogP contribution in [-0.2, 0) is 24.4 Å². The lowest BCUT2D eigenvalue weighted by Crippen LogP contribution is -2.67. The molecule has 0 aromatic carbocycles. The van der Waals surface area contributed by atoms with E-state index in [0.717, 1.165) is 25.7 Å². The largest absolute Gasteiger partial charge is 0.336 e. The number of likely N-dealkylation sites (tertiary alicyclic amines) is 1. The van der Waals surface area contributed by atoms with Crippen LogP contribution < -0.4 is 10.0 Å². The van der Waals surface area contributed by atoms with E-state index in [9.17, 15) is 22.8 Å². The third-order valence-electron chi connectivity index (χ3n) is 6.91. The number of rotatable bonds is 10. The first-order chi connectivity index (χ1) is 15.1. The molecule has 178 valence electrons. The molecular formula is C23H35N3O5S. The number of unbranched alkanes of at least 4 members (excludes halogenated alkanes) is 3. The van der Waals surface area contributed by atoms with Gasteiger partial charge in [-0.05, 0) is 45.4 Å². The summed E-state index contributed by atoms with van der Waals surface area (Å²) in [6.07, 6.45) is 13.5. The molecule has 1 saturated heterocycles. The maximum atomic E-state index is 13.3. The van der Waals surface area contributed by atoms with Gasteiger partial charge in [0.2, 0.25) is 21.8 Å². The zero-order chi connectivity index (χ0) is 23.6. The van der Waals surface area contributed by atoms with Gasteiger partial charge in [0.25, 0.3) is 5.91 Å². The van der Waals surface area contributed by atoms with Gasteiger partial charge in [0.05, 0.1) is 4.75 Å². The van der Waals surface area contributed by atoms with E-state index in [0.29, 0.717) is 32.2 Å². The number of hydrogen-bond donors (Lipinski definition) is 2. The van der Waals surface area contributed by atoms with Crippen LogP contribution in [0.2, 0.25) is 0 Å². The molecule has 2 N–H and O–H groups in total. The maximum Gasteiger partial charge on any atom is 0.264 e. The highest BCUT2D eigenvalue weighted by molar-refractivity contribution is 7.91. The number of nitrogens with zero attached hydrogens (tertiary/aromatic N) is 1. The molecule has 3 amide bonds. The molecule has 3 rings (SSSR count). The second kappa shape index (κ2) is 9.37. The van der Waals surface area contributed by atoms with E-state index in [2.05, 4.69) is 17.0 Å². The van der Waals surface area contributed by atoms with E-state index >= 15 is 0 Å². The molecule has 1 aliphatic heterocycles. The molecule has 0 aromatic rings. The second-order valence-electron chi connectivity index (χ2n) is 9.42. The number of nitrogens with one attached hydrogen (secondary N) is 2. The SMILES string of the molecule is CCCCCC=CC1C=CC1(NC(=O)C1CCCN1C(C)=O)C(=O)NS(=O)(=O)C1(C)CC1. The molecule has 0 aromatic heterocycles. The van der Waals surface area contributed by atoms with Gasteiger partial charge in [0, 0.05) is 19.4 Å². The lowest BCUT2D eigenvalue weighted by Gasteiger charge is -2.42. The minimum atomic E-state index is -3.85. The van der Waals surface area contributed by atoms with Crippen molar-refractivity contribution in [2.75, 3.05) is 6.54 Å². The van der Waals surface area contributed by atoms with Gasteiger partial charge in [-0.1, -0.05) is 44.1 Å². The number of sulfonamides is 1. The molecule has 3 atom stereocenters. The van der Waals surface area contributed by atoms with Gasteiger partial charge in [-0.3, -0.25) is 19.1 Å². The molecule has 1 heterocycles. The predicted octanol–water partition coefficient (Wildman–Crippen LogP) is 2.17. The van der Waals surface area contributed by atoms with E-state index in [1.165, 1.54) is 11.8 Å². The van der Waals surface area contributed by atoms with Crippen molar-refractivity contribution in [2.24, 2.45) is 5.92 Å². The van der Waals surface area contributed by atoms with E-state index in [-0.39, 0.29) is 5.91 Å². The van der Waals surface area contributed by atoms with Crippen LogP contribution in [0.3, 0.4) is 0 Å². The Bertz CT molecular complexity index is 922. The van der Waals surface area contributed by atoms with Gasteiger partial charge >= 0.3 is 0 Å². The number of carbonyl (C=O) groups excluding carboxylic acids is 3. The van der Waals surface area contributed by atoms with Crippen molar-refractivity contribution in [3.63, 3.8) is 0 Å². The smallest absolute Gasteiger partial charge is 0.264 e. The molecule has 32 heavy (non-hydrogen) atoms. The standard InChI is InChI=1S/C23H35N3O5S/c1-4-5-6-7-8-10-18-12-13-23(18,21(29)25-32(30,31)22(3)14-15-22)24-20(28)19-11-9-16-26(19)17(2)27/h8,10,12-13,18-19H,4-7,9,11,14-16H2,1-3H3,(H,24,28)(H,25,29). The zero-order valence-electron chi connectivity index (χ0n) is 19.2. The number of carbonyl (C=O) groups is 3. The summed E-state index contributed by atoms with van der Waals surface area (Å²) >= 11 is 0. The summed E-state index contributed by atoms with van der Waals surface area (Å²) < 4.78 is 26.7. The average Bonchev–Trinajstić information content (AvgIpc) is 3.28. The Balaban J connectivity index is 1.80. The van der Waals surface area contributed by atoms with Gasteiger partial charge in [0.1, 0.15) is 11.6 Å². The lowest BCUT2D eigenvalue weighted by atomic mass is 9.73. The minimum absolute atomic E-state index is 0.193. The van der Waals surface area contributed by atoms with Crippen LogP contribution in [-0.4, -0.2) is 53.9 Å². The Morgan fingerprint density at radius 2 is 1.94 bits per heavy atom. The first kappa shape index (κ1) is 24.5. The Hall–Kier alpha value is -2.16. The van der Waals surface area contributed by atoms with Crippen molar-refractivity contribution in [1.29, 1.82) is 0 Å². The van der Waals surface area contributed by atoms with E-state index in [1.807, 2.05) is 12.2 Å². The summed E-state index contributed by atoms with van der Waals surface area (Å²) in [6, 6.07) is -0.655. The van der Waals surface area contributed by atoms with Crippen molar-refractivity contribution in [1.82, 2.24) is 14.9 Å². The summed E-state index contributed by atoms with van der Waals surface area (Å²) in [6.45, 7) is 5.65. The number of amides is 3. The van der Waals surface area contributed by atoms with Crippen molar-refractivity contribution in [3.05, 3.63) is 24.3 Å². The number of allylic oxidation sites excluding steroid dienone is 1. The summed E-state index contributed by atoms with van der Waals surface area (Å²) in [4.78, 5) is 39.8. The molecule has 0 radical (unpaired) electrons. The highest BCUT2D eigenvalue weighted by atomic mass is 32.2. The Labute approximate surface area is 190 Å². The van der Waals surface area contributed by atoms with Gasteiger partial charge in [-0.2, -0.15) is 0 Å². The normalized spacial score (nSPS) is 28.4. The highest BCUT2D eigenvalue weighted by Gasteiger charge is 2.55. The fraction of sp³-hybridized carbons (Fsp3) is 0.696. The summed E-state index contributed by atoms with van der Waals surface area (Å²) in [7, 11) is -3.85. The molecular weight excluding hydrogens is 430 g/mol. The van der Waals surface area contributed by atoms with E-state index in [4.69, 9.17) is 0 Å². The zero-order valence-corrected chi connectivity index (χ0v) is 20.0. The van der Waals surface area contributed by atoms with Crippen LogP contribution in [0.4, 0.5) is 0 Å². The Morgan fingerprint density at radius 3 is 2.50 bits per heavy atom. The van der Waals surface area contributed by atoms with Gasteiger partial charge < -0.3 is 10.2 Å². The maximum absolute atomic E-state index is 13.3. The third kappa shape index (κ3) is 4.77. The van der Waals surface area contributed by atoms with Crippen LogP contribution in [0, 0.1) is 5.92 Å². The molecule has 2 fully saturated rings. The summed E-state index contributed by atoms with van der Waals surface area (Å²) in [5.41, 5.74) is -1.48. The minimum Gasteiger partial charge on any atom is -0.336 e. The van der Waals surface area contributed by atoms with E-state index in [1.54, 1.807) is 19.1 Å². The lowest BCUT2D eigenvalue weighted by molar-refractivity contribution is -0.139. The molecule has 2 aliphatic carbocycles. The Kier molecular flexibility index (Phi) is 7.17. The molecule has 8 nitrogen and oxygen atoms in total. The molecule has 3 unspecified atom stereocenters.